The van der Waals surface area contributed by atoms with Gasteiger partial charge in [0, 0.05) is 51.9 Å². The fourth-order valence-corrected chi connectivity index (χ4v) is 4.70. The number of halogens is 1. The lowest BCUT2D eigenvalue weighted by Gasteiger charge is -2.40. The number of likely N-dealkylation sites (N-methyl/N-ethyl adjacent to an activating group) is 1. The van der Waals surface area contributed by atoms with Gasteiger partial charge in [0.25, 0.3) is 5.91 Å². The van der Waals surface area contributed by atoms with Crippen LogP contribution < -0.4 is 5.32 Å². The Labute approximate surface area is 189 Å². The van der Waals surface area contributed by atoms with Crippen molar-refractivity contribution in [3.8, 4) is 0 Å². The number of urea groups is 1. The quantitative estimate of drug-likeness (QED) is 0.652. The molecule has 0 radical (unpaired) electrons. The monoisotopic (exact) mass is 444 g/mol. The van der Waals surface area contributed by atoms with Gasteiger partial charge in [-0.05, 0) is 12.5 Å². The van der Waals surface area contributed by atoms with Crippen molar-refractivity contribution in [2.75, 3.05) is 39.8 Å². The van der Waals surface area contributed by atoms with Crippen molar-refractivity contribution < 1.29 is 14.0 Å². The van der Waals surface area contributed by atoms with Gasteiger partial charge in [-0.3, -0.25) is 15.0 Å². The van der Waals surface area contributed by atoms with Crippen LogP contribution in [0, 0.1) is 5.82 Å². The Morgan fingerprint density at radius 3 is 2.56 bits per heavy atom. The number of hydrogen-bond donors (Lipinski definition) is 1. The van der Waals surface area contributed by atoms with Crippen molar-refractivity contribution >= 4 is 17.9 Å². The van der Waals surface area contributed by atoms with Gasteiger partial charge in [0.1, 0.15) is 5.82 Å². The van der Waals surface area contributed by atoms with Crippen molar-refractivity contribution in [3.05, 3.63) is 35.6 Å². The van der Waals surface area contributed by atoms with Crippen LogP contribution in [0.4, 0.5) is 9.18 Å². The number of benzene rings is 1. The third kappa shape index (κ3) is 4.57. The van der Waals surface area contributed by atoms with E-state index in [1.165, 1.54) is 11.0 Å². The molecular weight excluding hydrogens is 411 g/mol. The maximum absolute atomic E-state index is 14.0. The number of amides is 3. The molecule has 0 bridgehead atoms. The predicted molar refractivity (Wildman–Crippen MR) is 120 cm³/mol. The number of nitrogens with zero attached hydrogens (tertiary/aromatic N) is 5. The van der Waals surface area contributed by atoms with E-state index in [0.29, 0.717) is 12.1 Å². The molecule has 3 heterocycles. The summed E-state index contributed by atoms with van der Waals surface area (Å²) in [5, 5.41) is 2.47. The van der Waals surface area contributed by atoms with Crippen molar-refractivity contribution in [2.24, 2.45) is 4.99 Å². The number of hydrogen-bond acceptors (Lipinski definition) is 6. The molecule has 2 unspecified atom stereocenters. The first kappa shape index (κ1) is 22.5. The Hall–Kier alpha value is -2.68. The van der Waals surface area contributed by atoms with Crippen molar-refractivity contribution in [1.29, 1.82) is 0 Å². The Kier molecular flexibility index (Phi) is 6.93. The third-order valence-corrected chi connectivity index (χ3v) is 6.60. The molecule has 32 heavy (non-hydrogen) atoms. The van der Waals surface area contributed by atoms with Crippen LogP contribution in [0.3, 0.4) is 0 Å². The molecule has 0 saturated carbocycles. The van der Waals surface area contributed by atoms with Crippen LogP contribution in [0.15, 0.2) is 29.3 Å². The van der Waals surface area contributed by atoms with Gasteiger partial charge in [0.2, 0.25) is 0 Å². The summed E-state index contributed by atoms with van der Waals surface area (Å²) in [5.41, 5.74) is 0.708. The summed E-state index contributed by atoms with van der Waals surface area (Å²) >= 11 is 0. The highest BCUT2D eigenvalue weighted by molar-refractivity contribution is 6.03. The lowest BCUT2D eigenvalue weighted by molar-refractivity contribution is -0.127. The van der Waals surface area contributed by atoms with Gasteiger partial charge >= 0.3 is 6.03 Å². The van der Waals surface area contributed by atoms with E-state index in [2.05, 4.69) is 26.9 Å². The summed E-state index contributed by atoms with van der Waals surface area (Å²) in [6.45, 7) is 6.56. The van der Waals surface area contributed by atoms with Gasteiger partial charge in [0.15, 0.2) is 18.2 Å². The summed E-state index contributed by atoms with van der Waals surface area (Å²) < 4.78 is 14.0. The lowest BCUT2D eigenvalue weighted by Crippen LogP contribution is -2.64. The molecule has 1 aromatic carbocycles. The van der Waals surface area contributed by atoms with Crippen LogP contribution in [0.5, 0.6) is 0 Å². The van der Waals surface area contributed by atoms with E-state index in [4.69, 9.17) is 4.99 Å². The van der Waals surface area contributed by atoms with Crippen LogP contribution in [-0.4, -0.2) is 89.5 Å². The zero-order valence-electron chi connectivity index (χ0n) is 19.0. The van der Waals surface area contributed by atoms with Gasteiger partial charge in [0.05, 0.1) is 0 Å². The Bertz CT molecular complexity index is 870. The van der Waals surface area contributed by atoms with Gasteiger partial charge in [-0.25, -0.2) is 14.2 Å². The molecule has 0 aromatic heterocycles. The lowest BCUT2D eigenvalue weighted by atomic mass is 10.1. The second kappa shape index (κ2) is 9.85. The van der Waals surface area contributed by atoms with Gasteiger partial charge in [-0.2, -0.15) is 0 Å². The second-order valence-electron chi connectivity index (χ2n) is 8.80. The average Bonchev–Trinajstić information content (AvgIpc) is 3.17. The SMILES string of the molecule is CCCCCCN1C(N2CCN(Cc3ccccc3F)CC2)=NC2C1C(=O)NC(=O)N2C. The predicted octanol–water partition coefficient (Wildman–Crippen LogP) is 2.07. The fraction of sp³-hybridized carbons (Fsp3) is 0.609. The third-order valence-electron chi connectivity index (χ3n) is 6.60. The van der Waals surface area contributed by atoms with Crippen LogP contribution in [0.2, 0.25) is 0 Å². The minimum atomic E-state index is -0.492. The minimum absolute atomic E-state index is 0.170. The van der Waals surface area contributed by atoms with Crippen LogP contribution in [0.1, 0.15) is 38.2 Å². The average molecular weight is 445 g/mol. The number of piperazine rings is 1. The molecule has 3 amide bonds. The Balaban J connectivity index is 1.44. The first-order valence-corrected chi connectivity index (χ1v) is 11.6. The molecule has 0 spiro atoms. The highest BCUT2D eigenvalue weighted by atomic mass is 19.1. The molecule has 2 saturated heterocycles. The standard InChI is InChI=1S/C23H33FN6O2/c1-3-4-5-8-11-30-19-20(27(2)23(32)26-21(19)31)25-22(30)29-14-12-28(13-15-29)16-17-9-6-7-10-18(17)24/h6-7,9-10,19-20H,3-5,8,11-16H2,1-2H3,(H,26,31,32). The van der Waals surface area contributed by atoms with Crippen molar-refractivity contribution in [1.82, 2.24) is 24.9 Å². The molecule has 1 aromatic rings. The molecule has 2 fully saturated rings. The fourth-order valence-electron chi connectivity index (χ4n) is 4.70. The second-order valence-corrected chi connectivity index (χ2v) is 8.80. The Morgan fingerprint density at radius 1 is 1.09 bits per heavy atom. The van der Waals surface area contributed by atoms with E-state index < -0.39 is 18.2 Å². The molecule has 8 nitrogen and oxygen atoms in total. The number of rotatable bonds is 7. The Morgan fingerprint density at radius 2 is 1.84 bits per heavy atom. The molecule has 0 aliphatic carbocycles. The molecule has 3 aliphatic rings. The minimum Gasteiger partial charge on any atom is -0.340 e. The maximum atomic E-state index is 14.0. The van der Waals surface area contributed by atoms with Gasteiger partial charge in [-0.1, -0.05) is 44.4 Å². The van der Waals surface area contributed by atoms with E-state index in [1.54, 1.807) is 13.1 Å². The van der Waals surface area contributed by atoms with Crippen LogP contribution in [-0.2, 0) is 11.3 Å². The van der Waals surface area contributed by atoms with Gasteiger partial charge < -0.3 is 14.7 Å². The molecule has 3 aliphatic heterocycles. The van der Waals surface area contributed by atoms with Gasteiger partial charge in [-0.15, -0.1) is 0 Å². The zero-order valence-corrected chi connectivity index (χ0v) is 19.0. The first-order chi connectivity index (χ1) is 15.5. The van der Waals surface area contributed by atoms with Crippen molar-refractivity contribution in [3.63, 3.8) is 0 Å². The number of carbonyl (C=O) groups is 2. The summed E-state index contributed by atoms with van der Waals surface area (Å²) in [7, 11) is 1.69. The highest BCUT2D eigenvalue weighted by Gasteiger charge is 2.49. The first-order valence-electron chi connectivity index (χ1n) is 11.6. The topological polar surface area (TPSA) is 71.5 Å². The number of guanidine groups is 1. The van der Waals surface area contributed by atoms with E-state index >= 15 is 0 Å². The molecular formula is C23H33FN6O2. The van der Waals surface area contributed by atoms with E-state index in [0.717, 1.165) is 64.4 Å². The van der Waals surface area contributed by atoms with Crippen LogP contribution in [0.25, 0.3) is 0 Å². The molecule has 174 valence electrons. The summed E-state index contributed by atoms with van der Waals surface area (Å²) in [6, 6.07) is 6.02. The number of unbranched alkanes of at least 4 members (excludes halogenated alkanes) is 3. The summed E-state index contributed by atoms with van der Waals surface area (Å²) in [5.74, 6) is 0.361. The molecule has 2 atom stereocenters. The number of nitrogens with one attached hydrogen (secondary N) is 1. The van der Waals surface area contributed by atoms with Crippen molar-refractivity contribution in [2.45, 2.75) is 51.4 Å². The zero-order chi connectivity index (χ0) is 22.7. The highest BCUT2D eigenvalue weighted by Crippen LogP contribution is 2.27. The van der Waals surface area contributed by atoms with E-state index in [9.17, 15) is 14.0 Å². The summed E-state index contributed by atoms with van der Waals surface area (Å²) in [4.78, 5) is 37.8. The van der Waals surface area contributed by atoms with Crippen LogP contribution >= 0.6 is 0 Å². The number of carbonyl (C=O) groups excluding carboxylic acids is 2. The normalized spacial score (nSPS) is 24.0. The van der Waals surface area contributed by atoms with E-state index in [1.807, 2.05) is 12.1 Å². The number of aliphatic imine (C=N–C) groups is 1. The number of fused-ring (bicyclic) bond motifs is 1. The number of imide groups is 1. The maximum Gasteiger partial charge on any atom is 0.325 e. The smallest absolute Gasteiger partial charge is 0.325 e. The molecule has 4 rings (SSSR count). The summed E-state index contributed by atoms with van der Waals surface area (Å²) in [6.07, 6.45) is 3.90. The van der Waals surface area contributed by atoms with E-state index in [-0.39, 0.29) is 11.7 Å². The molecule has 1 N–H and O–H groups in total. The largest absolute Gasteiger partial charge is 0.340 e. The molecule has 9 heteroatoms.